The van der Waals surface area contributed by atoms with E-state index in [1.165, 1.54) is 22.8 Å². The zero-order chi connectivity index (χ0) is 19.6. The zero-order valence-corrected chi connectivity index (χ0v) is 15.6. The maximum absolute atomic E-state index is 13.2. The molecule has 0 atom stereocenters. The van der Waals surface area contributed by atoms with Gasteiger partial charge in [0.05, 0.1) is 5.02 Å². The van der Waals surface area contributed by atoms with Gasteiger partial charge in [-0.15, -0.1) is 0 Å². The first-order chi connectivity index (χ1) is 12.9. The largest absolute Gasteiger partial charge is 0.346 e. The van der Waals surface area contributed by atoms with Gasteiger partial charge in [0.1, 0.15) is 11.3 Å². The third kappa shape index (κ3) is 4.14. The van der Waals surface area contributed by atoms with Crippen molar-refractivity contribution in [1.29, 1.82) is 0 Å². The number of nitrogens with one attached hydrogen (secondary N) is 1. The summed E-state index contributed by atoms with van der Waals surface area (Å²) in [5, 5.41) is 2.60. The molecule has 0 aliphatic carbocycles. The van der Waals surface area contributed by atoms with Crippen molar-refractivity contribution in [3.63, 3.8) is 0 Å². The van der Waals surface area contributed by atoms with Gasteiger partial charge in [-0.1, -0.05) is 31.5 Å². The summed E-state index contributed by atoms with van der Waals surface area (Å²) in [5.41, 5.74) is 0.819. The Morgan fingerprint density at radius 2 is 2.11 bits per heavy atom. The summed E-state index contributed by atoms with van der Waals surface area (Å²) in [7, 11) is 0. The Morgan fingerprint density at radius 3 is 2.81 bits per heavy atom. The molecule has 0 fully saturated rings. The molecule has 27 heavy (non-hydrogen) atoms. The molecule has 0 aliphatic heterocycles. The smallest absolute Gasteiger partial charge is 0.283 e. The van der Waals surface area contributed by atoms with Crippen molar-refractivity contribution in [2.45, 2.75) is 26.9 Å². The second kappa shape index (κ2) is 7.84. The van der Waals surface area contributed by atoms with Crippen LogP contribution in [0.1, 0.15) is 29.9 Å². The highest BCUT2D eigenvalue weighted by Crippen LogP contribution is 2.16. The number of pyridine rings is 1. The van der Waals surface area contributed by atoms with Gasteiger partial charge in [0.15, 0.2) is 11.3 Å². The normalized spacial score (nSPS) is 11.1. The van der Waals surface area contributed by atoms with Crippen LogP contribution in [0.5, 0.6) is 0 Å². The number of rotatable bonds is 5. The molecular formula is C19H18ClFN4O2. The fraction of sp³-hybridized carbons (Fsp3) is 0.263. The molecular weight excluding hydrogens is 371 g/mol. The van der Waals surface area contributed by atoms with Crippen LogP contribution in [0, 0.1) is 11.7 Å². The number of aromatic nitrogens is 3. The predicted molar refractivity (Wildman–Crippen MR) is 101 cm³/mol. The van der Waals surface area contributed by atoms with Crippen molar-refractivity contribution in [3.8, 4) is 0 Å². The fourth-order valence-electron chi connectivity index (χ4n) is 2.67. The Labute approximate surface area is 160 Å². The van der Waals surface area contributed by atoms with E-state index in [0.717, 1.165) is 0 Å². The van der Waals surface area contributed by atoms with E-state index in [1.54, 1.807) is 18.3 Å². The van der Waals surface area contributed by atoms with Crippen LogP contribution >= 0.6 is 11.6 Å². The van der Waals surface area contributed by atoms with Gasteiger partial charge in [0.2, 0.25) is 0 Å². The fourth-order valence-corrected chi connectivity index (χ4v) is 2.88. The number of carbonyl (C=O) groups excluding carboxylic acids is 1. The van der Waals surface area contributed by atoms with E-state index in [-0.39, 0.29) is 23.2 Å². The maximum Gasteiger partial charge on any atom is 0.283 e. The van der Waals surface area contributed by atoms with Gasteiger partial charge in [-0.05, 0) is 35.7 Å². The summed E-state index contributed by atoms with van der Waals surface area (Å²) in [4.78, 5) is 33.8. The minimum atomic E-state index is -0.608. The van der Waals surface area contributed by atoms with Gasteiger partial charge in [-0.2, -0.15) is 0 Å². The van der Waals surface area contributed by atoms with E-state index >= 15 is 0 Å². The number of hydrogen-bond donors (Lipinski definition) is 1. The first-order valence-electron chi connectivity index (χ1n) is 8.44. The molecule has 0 saturated heterocycles. The van der Waals surface area contributed by atoms with Crippen LogP contribution in [0.25, 0.3) is 11.2 Å². The molecule has 1 amide bonds. The van der Waals surface area contributed by atoms with Crippen LogP contribution in [0.3, 0.4) is 0 Å². The summed E-state index contributed by atoms with van der Waals surface area (Å²) in [6.45, 7) is 4.46. The van der Waals surface area contributed by atoms with Crippen LogP contribution in [-0.2, 0) is 13.1 Å². The SMILES string of the molecule is CC(C)Cn1c(=O)c(C(=O)NCc2ccc(F)c(Cl)c2)nc2cccnc21. The predicted octanol–water partition coefficient (Wildman–Crippen LogP) is 3.17. The number of nitrogens with zero attached hydrogens (tertiary/aromatic N) is 3. The van der Waals surface area contributed by atoms with E-state index in [1.807, 2.05) is 13.8 Å². The lowest BCUT2D eigenvalue weighted by Gasteiger charge is -2.13. The van der Waals surface area contributed by atoms with E-state index in [0.29, 0.717) is 23.3 Å². The van der Waals surface area contributed by atoms with E-state index in [9.17, 15) is 14.0 Å². The third-order valence-corrected chi connectivity index (χ3v) is 4.19. The molecule has 8 heteroatoms. The van der Waals surface area contributed by atoms with Crippen molar-refractivity contribution in [2.24, 2.45) is 5.92 Å². The maximum atomic E-state index is 13.2. The van der Waals surface area contributed by atoms with Crippen molar-refractivity contribution in [1.82, 2.24) is 19.9 Å². The topological polar surface area (TPSA) is 76.9 Å². The molecule has 2 heterocycles. The first-order valence-corrected chi connectivity index (χ1v) is 8.82. The Hall–Kier alpha value is -2.80. The van der Waals surface area contributed by atoms with Gasteiger partial charge < -0.3 is 5.32 Å². The molecule has 0 unspecified atom stereocenters. The second-order valence-electron chi connectivity index (χ2n) is 6.55. The number of fused-ring (bicyclic) bond motifs is 1. The summed E-state index contributed by atoms with van der Waals surface area (Å²) in [5.74, 6) is -0.955. The molecule has 0 radical (unpaired) electrons. The quantitative estimate of drug-likeness (QED) is 0.728. The van der Waals surface area contributed by atoms with Crippen LogP contribution in [0.2, 0.25) is 5.02 Å². The lowest BCUT2D eigenvalue weighted by Crippen LogP contribution is -2.35. The first kappa shape index (κ1) is 19.0. The minimum Gasteiger partial charge on any atom is -0.346 e. The Morgan fingerprint density at radius 1 is 1.33 bits per heavy atom. The number of hydrogen-bond acceptors (Lipinski definition) is 4. The van der Waals surface area contributed by atoms with Crippen molar-refractivity contribution in [2.75, 3.05) is 0 Å². The molecule has 1 aromatic carbocycles. The van der Waals surface area contributed by atoms with Crippen molar-refractivity contribution in [3.05, 3.63) is 69.0 Å². The molecule has 1 N–H and O–H groups in total. The van der Waals surface area contributed by atoms with Crippen LogP contribution < -0.4 is 10.9 Å². The molecule has 2 aromatic heterocycles. The lowest BCUT2D eigenvalue weighted by molar-refractivity contribution is 0.0944. The molecule has 3 rings (SSSR count). The molecule has 0 saturated carbocycles. The second-order valence-corrected chi connectivity index (χ2v) is 6.95. The molecule has 140 valence electrons. The van der Waals surface area contributed by atoms with Crippen molar-refractivity contribution < 1.29 is 9.18 Å². The summed E-state index contributed by atoms with van der Waals surface area (Å²) in [6, 6.07) is 7.55. The van der Waals surface area contributed by atoms with Crippen LogP contribution in [0.15, 0.2) is 41.3 Å². The van der Waals surface area contributed by atoms with E-state index in [4.69, 9.17) is 11.6 Å². The average molecular weight is 389 g/mol. The number of benzene rings is 1. The van der Waals surface area contributed by atoms with E-state index < -0.39 is 17.3 Å². The van der Waals surface area contributed by atoms with E-state index in [2.05, 4.69) is 15.3 Å². The Kier molecular flexibility index (Phi) is 5.51. The monoisotopic (exact) mass is 388 g/mol. The van der Waals surface area contributed by atoms with Gasteiger partial charge in [0, 0.05) is 19.3 Å². The highest BCUT2D eigenvalue weighted by molar-refractivity contribution is 6.30. The third-order valence-electron chi connectivity index (χ3n) is 3.90. The molecule has 3 aromatic rings. The standard InChI is InChI=1S/C19H18ClFN4O2/c1-11(2)10-25-17-15(4-3-7-22-17)24-16(19(25)27)18(26)23-9-12-5-6-14(21)13(20)8-12/h3-8,11H,9-10H2,1-2H3,(H,23,26). The summed E-state index contributed by atoms with van der Waals surface area (Å²) < 4.78 is 14.7. The number of carbonyl (C=O) groups is 1. The average Bonchev–Trinajstić information content (AvgIpc) is 2.64. The van der Waals surface area contributed by atoms with Crippen LogP contribution in [0.4, 0.5) is 4.39 Å². The minimum absolute atomic E-state index is 0.0315. The summed E-state index contributed by atoms with van der Waals surface area (Å²) >= 11 is 5.75. The van der Waals surface area contributed by atoms with Gasteiger partial charge >= 0.3 is 0 Å². The Bertz CT molecular complexity index is 1070. The van der Waals surface area contributed by atoms with Gasteiger partial charge in [-0.25, -0.2) is 14.4 Å². The highest BCUT2D eigenvalue weighted by atomic mass is 35.5. The zero-order valence-electron chi connectivity index (χ0n) is 14.9. The lowest BCUT2D eigenvalue weighted by atomic mass is 10.2. The number of amides is 1. The summed E-state index contributed by atoms with van der Waals surface area (Å²) in [6.07, 6.45) is 1.58. The molecule has 0 spiro atoms. The van der Waals surface area contributed by atoms with Crippen LogP contribution in [-0.4, -0.2) is 20.4 Å². The Balaban J connectivity index is 1.93. The molecule has 0 bridgehead atoms. The number of halogens is 2. The highest BCUT2D eigenvalue weighted by Gasteiger charge is 2.18. The van der Waals surface area contributed by atoms with Gasteiger partial charge in [0.25, 0.3) is 11.5 Å². The van der Waals surface area contributed by atoms with Crippen molar-refractivity contribution >= 4 is 28.7 Å². The van der Waals surface area contributed by atoms with Gasteiger partial charge in [-0.3, -0.25) is 14.2 Å². The molecule has 6 nitrogen and oxygen atoms in total. The molecule has 0 aliphatic rings.